The van der Waals surface area contributed by atoms with E-state index >= 15 is 0 Å². The van der Waals surface area contributed by atoms with Gasteiger partial charge in [-0.15, -0.1) is 0 Å². The Bertz CT molecular complexity index is 882. The number of para-hydroxylation sites is 1. The molecule has 1 unspecified atom stereocenters. The lowest BCUT2D eigenvalue weighted by Crippen LogP contribution is -2.48. The highest BCUT2D eigenvalue weighted by Crippen LogP contribution is 2.33. The Morgan fingerprint density at radius 1 is 1.28 bits per heavy atom. The largest absolute Gasteiger partial charge is 0.370 e. The average Bonchev–Trinajstić information content (AvgIpc) is 2.54. The maximum atomic E-state index is 13.1. The number of amides is 1. The molecule has 0 saturated carbocycles. The molecule has 5 nitrogen and oxygen atoms in total. The molecule has 1 atom stereocenters. The minimum atomic E-state index is -0.505. The van der Waals surface area contributed by atoms with E-state index in [1.165, 1.54) is 4.90 Å². The number of carbonyl (C=O) groups excluding carboxylic acids is 1. The van der Waals surface area contributed by atoms with E-state index < -0.39 is 5.92 Å². The molecule has 1 fully saturated rings. The summed E-state index contributed by atoms with van der Waals surface area (Å²) >= 11 is 5.41. The van der Waals surface area contributed by atoms with Gasteiger partial charge in [0.15, 0.2) is 0 Å². The standard InChI is InChI=1S/C19H19N3O2S/c1-11-6-4-5-7-15(11)22-17(23)13-8-12-10-24-19(2,3)9-14(12)20-16(13)21-18(22)25/h4-8,13H,9-10H2,1-3H3. The van der Waals surface area contributed by atoms with E-state index in [9.17, 15) is 4.79 Å². The summed E-state index contributed by atoms with van der Waals surface area (Å²) in [7, 11) is 0. The van der Waals surface area contributed by atoms with Gasteiger partial charge in [-0.2, -0.15) is 0 Å². The van der Waals surface area contributed by atoms with E-state index in [0.717, 1.165) is 22.5 Å². The van der Waals surface area contributed by atoms with Crippen LogP contribution in [-0.2, 0) is 9.53 Å². The SMILES string of the molecule is Cc1ccccc1N1C(=O)C2C=C3COC(C)(C)CC3=NC2=NC1=S. The number of dihydropyridines is 1. The molecule has 0 radical (unpaired) electrons. The van der Waals surface area contributed by atoms with Crippen LogP contribution in [0.2, 0.25) is 0 Å². The summed E-state index contributed by atoms with van der Waals surface area (Å²) in [5, 5.41) is 0.248. The number of benzene rings is 1. The van der Waals surface area contributed by atoms with Crippen molar-refractivity contribution in [1.82, 2.24) is 0 Å². The van der Waals surface area contributed by atoms with Gasteiger partial charge < -0.3 is 4.74 Å². The third-order valence-corrected chi connectivity index (χ3v) is 5.00. The zero-order valence-corrected chi connectivity index (χ0v) is 15.3. The summed E-state index contributed by atoms with van der Waals surface area (Å²) in [6.45, 7) is 6.50. The van der Waals surface area contributed by atoms with E-state index in [1.54, 1.807) is 0 Å². The summed E-state index contributed by atoms with van der Waals surface area (Å²) in [6, 6.07) is 7.67. The van der Waals surface area contributed by atoms with Gasteiger partial charge in [-0.1, -0.05) is 24.3 Å². The van der Waals surface area contributed by atoms with Crippen LogP contribution in [0.1, 0.15) is 25.8 Å². The van der Waals surface area contributed by atoms with Gasteiger partial charge in [0.25, 0.3) is 0 Å². The highest BCUT2D eigenvalue weighted by Gasteiger charge is 2.40. The number of amidine groups is 1. The third kappa shape index (κ3) is 2.75. The maximum absolute atomic E-state index is 13.1. The molecule has 3 aliphatic heterocycles. The normalized spacial score (nSPS) is 24.8. The molecule has 3 heterocycles. The van der Waals surface area contributed by atoms with Crippen LogP contribution in [0.15, 0.2) is 45.9 Å². The summed E-state index contributed by atoms with van der Waals surface area (Å²) in [4.78, 5) is 23.8. The quantitative estimate of drug-likeness (QED) is 0.729. The number of aliphatic imine (C=N–C) groups is 2. The molecule has 0 N–H and O–H groups in total. The first-order valence-electron chi connectivity index (χ1n) is 8.30. The van der Waals surface area contributed by atoms with Crippen molar-refractivity contribution in [3.05, 3.63) is 41.5 Å². The Balaban J connectivity index is 1.75. The predicted molar refractivity (Wildman–Crippen MR) is 102 cm³/mol. The first-order valence-corrected chi connectivity index (χ1v) is 8.71. The van der Waals surface area contributed by atoms with E-state index in [1.807, 2.05) is 51.1 Å². The van der Waals surface area contributed by atoms with Crippen LogP contribution in [0.4, 0.5) is 5.69 Å². The Morgan fingerprint density at radius 3 is 2.80 bits per heavy atom. The second-order valence-electron chi connectivity index (χ2n) is 7.17. The van der Waals surface area contributed by atoms with Crippen LogP contribution < -0.4 is 4.90 Å². The topological polar surface area (TPSA) is 54.3 Å². The van der Waals surface area contributed by atoms with Gasteiger partial charge in [-0.05, 0) is 50.2 Å². The number of carbonyl (C=O) groups is 1. The zero-order chi connectivity index (χ0) is 17.8. The number of ether oxygens (including phenoxy) is 1. The molecule has 3 aliphatic rings. The van der Waals surface area contributed by atoms with Gasteiger partial charge >= 0.3 is 0 Å². The van der Waals surface area contributed by atoms with Crippen LogP contribution in [0.25, 0.3) is 0 Å². The van der Waals surface area contributed by atoms with Crippen molar-refractivity contribution in [1.29, 1.82) is 0 Å². The Kier molecular flexibility index (Phi) is 3.70. The molecule has 128 valence electrons. The molecule has 4 rings (SSSR count). The van der Waals surface area contributed by atoms with Gasteiger partial charge in [0.2, 0.25) is 11.0 Å². The summed E-state index contributed by atoms with van der Waals surface area (Å²) < 4.78 is 5.86. The van der Waals surface area contributed by atoms with Crippen LogP contribution in [0, 0.1) is 12.8 Å². The van der Waals surface area contributed by atoms with Gasteiger partial charge in [0, 0.05) is 6.42 Å². The number of fused-ring (bicyclic) bond motifs is 2. The molecular formula is C19H19N3O2S. The second-order valence-corrected chi connectivity index (χ2v) is 7.53. The molecule has 1 amide bonds. The van der Waals surface area contributed by atoms with E-state index in [0.29, 0.717) is 18.9 Å². The van der Waals surface area contributed by atoms with E-state index in [4.69, 9.17) is 17.0 Å². The van der Waals surface area contributed by atoms with Crippen molar-refractivity contribution in [2.24, 2.45) is 15.9 Å². The molecule has 1 aromatic rings. The average molecular weight is 353 g/mol. The number of rotatable bonds is 1. The van der Waals surface area contributed by atoms with Crippen LogP contribution in [-0.4, -0.2) is 34.8 Å². The lowest BCUT2D eigenvalue weighted by atomic mass is 9.88. The molecule has 0 aromatic heterocycles. The monoisotopic (exact) mass is 353 g/mol. The fourth-order valence-corrected chi connectivity index (χ4v) is 3.64. The Hall–Kier alpha value is -2.18. The Labute approximate surface area is 152 Å². The van der Waals surface area contributed by atoms with Gasteiger partial charge in [-0.3, -0.25) is 9.69 Å². The minimum absolute atomic E-state index is 0.107. The number of nitrogens with zero attached hydrogens (tertiary/aromatic N) is 3. The molecule has 6 heteroatoms. The van der Waals surface area contributed by atoms with Crippen molar-refractivity contribution in [2.75, 3.05) is 11.5 Å². The fraction of sp³-hybridized carbons (Fsp3) is 0.368. The van der Waals surface area contributed by atoms with E-state index in [2.05, 4.69) is 9.98 Å². The first kappa shape index (κ1) is 16.3. The summed E-state index contributed by atoms with van der Waals surface area (Å²) in [5.74, 6) is -0.115. The highest BCUT2D eigenvalue weighted by molar-refractivity contribution is 7.80. The fourth-order valence-electron chi connectivity index (χ4n) is 3.36. The minimum Gasteiger partial charge on any atom is -0.370 e. The number of thiocarbonyl (C=S) groups is 1. The van der Waals surface area contributed by atoms with Crippen molar-refractivity contribution in [2.45, 2.75) is 32.8 Å². The zero-order valence-electron chi connectivity index (χ0n) is 14.4. The number of anilines is 1. The summed E-state index contributed by atoms with van der Waals surface area (Å²) in [5.41, 5.74) is 3.43. The van der Waals surface area contributed by atoms with Crippen molar-refractivity contribution >= 4 is 40.5 Å². The lowest BCUT2D eigenvalue weighted by Gasteiger charge is -2.37. The van der Waals surface area contributed by atoms with Gasteiger partial charge in [0.1, 0.15) is 11.8 Å². The Morgan fingerprint density at radius 2 is 2.04 bits per heavy atom. The molecule has 0 bridgehead atoms. The van der Waals surface area contributed by atoms with Crippen LogP contribution in [0.5, 0.6) is 0 Å². The first-order chi connectivity index (χ1) is 11.9. The van der Waals surface area contributed by atoms with Crippen molar-refractivity contribution < 1.29 is 9.53 Å². The molecule has 0 aliphatic carbocycles. The van der Waals surface area contributed by atoms with Gasteiger partial charge in [0.05, 0.1) is 23.6 Å². The predicted octanol–water partition coefficient (Wildman–Crippen LogP) is 3.22. The lowest BCUT2D eigenvalue weighted by molar-refractivity contribution is -0.118. The van der Waals surface area contributed by atoms with Crippen LogP contribution >= 0.6 is 12.2 Å². The van der Waals surface area contributed by atoms with Gasteiger partial charge in [-0.25, -0.2) is 9.98 Å². The number of hydrogen-bond donors (Lipinski definition) is 0. The maximum Gasteiger partial charge on any atom is 0.248 e. The smallest absolute Gasteiger partial charge is 0.248 e. The third-order valence-electron chi connectivity index (χ3n) is 4.72. The number of hydrogen-bond acceptors (Lipinski definition) is 4. The molecular weight excluding hydrogens is 334 g/mol. The van der Waals surface area contributed by atoms with Crippen LogP contribution in [0.3, 0.4) is 0 Å². The van der Waals surface area contributed by atoms with Crippen molar-refractivity contribution in [3.8, 4) is 0 Å². The number of aryl methyl sites for hydroxylation is 1. The van der Waals surface area contributed by atoms with Crippen molar-refractivity contribution in [3.63, 3.8) is 0 Å². The molecule has 1 saturated heterocycles. The molecule has 0 spiro atoms. The van der Waals surface area contributed by atoms with E-state index in [-0.39, 0.29) is 16.6 Å². The molecule has 25 heavy (non-hydrogen) atoms. The molecule has 1 aromatic carbocycles. The second kappa shape index (κ2) is 5.68. The summed E-state index contributed by atoms with van der Waals surface area (Å²) in [6.07, 6.45) is 2.64. The highest BCUT2D eigenvalue weighted by atomic mass is 32.1.